The predicted molar refractivity (Wildman–Crippen MR) is 386 cm³/mol. The van der Waals surface area contributed by atoms with Crippen molar-refractivity contribution in [2.45, 2.75) is 57.3 Å². The van der Waals surface area contributed by atoms with E-state index in [-0.39, 0.29) is 105 Å². The number of hydrogen-bond acceptors (Lipinski definition) is 32. The van der Waals surface area contributed by atoms with Crippen LogP contribution in [0.5, 0.6) is 11.5 Å². The van der Waals surface area contributed by atoms with Crippen LogP contribution in [0.3, 0.4) is 0 Å². The van der Waals surface area contributed by atoms with Crippen molar-refractivity contribution < 1.29 is 74.3 Å². The summed E-state index contributed by atoms with van der Waals surface area (Å²) in [5.74, 6) is -3.05. The van der Waals surface area contributed by atoms with E-state index < -0.39 is 59.3 Å². The van der Waals surface area contributed by atoms with E-state index in [9.17, 15) is 55.3 Å². The summed E-state index contributed by atoms with van der Waals surface area (Å²) in [5, 5.41) is 51.3. The number of benzene rings is 4. The number of azo groups is 2. The van der Waals surface area contributed by atoms with Gasteiger partial charge in [-0.1, -0.05) is 34.8 Å². The lowest BCUT2D eigenvalue weighted by Gasteiger charge is -2.28. The number of Topliss-reactive ketones (excluding diaryl/α,β-unsaturated/α-hetero) is 2. The number of morpholine rings is 2. The van der Waals surface area contributed by atoms with Gasteiger partial charge in [-0.15, -0.1) is 20.5 Å². The number of carbonyl (C=O) groups is 4. The SMILES string of the molecule is CCN(CC)c1cc(Nc2nc(Nc3cc(N(CC)CC)c(OC)cc3/N=N/c3nc(N4CCOCC4)c(C(C(C)=O)C(=O)Nc4cccc(S(=O)(=O)O)c4)s3)nc(N(CCO)CCO)n2)c(/N=N/c2nc(N3CCOCC3)c(/C=C(\C(C)=O)C(=O)Nc3cccc(S(=O)(=O)O)c3)s2)cc1OC. The topological polar surface area (TPSA) is 433 Å². The van der Waals surface area contributed by atoms with Crippen molar-refractivity contribution in [3.8, 4) is 11.5 Å². The number of ketones is 2. The van der Waals surface area contributed by atoms with Gasteiger partial charge in [-0.25, -0.2) is 0 Å². The van der Waals surface area contributed by atoms with Gasteiger partial charge in [-0.3, -0.25) is 28.3 Å². The fourth-order valence-corrected chi connectivity index (χ4v) is 13.8. The highest BCUT2D eigenvalue weighted by Gasteiger charge is 2.35. The maximum absolute atomic E-state index is 14.2. The summed E-state index contributed by atoms with van der Waals surface area (Å²) in [7, 11) is -6.26. The number of aliphatic hydroxyl groups is 2. The zero-order chi connectivity index (χ0) is 73.4. The second-order valence-electron chi connectivity index (χ2n) is 22.5. The molecule has 1 unspecified atom stereocenters. The highest BCUT2D eigenvalue weighted by atomic mass is 32.2. The van der Waals surface area contributed by atoms with Gasteiger partial charge in [0.2, 0.25) is 34.0 Å². The number of methoxy groups -OCH3 is 2. The Morgan fingerprint density at radius 2 is 1.08 bits per heavy atom. The third-order valence-corrected chi connectivity index (χ3v) is 19.5. The highest BCUT2D eigenvalue weighted by molar-refractivity contribution is 7.86. The number of aromatic nitrogens is 5. The highest BCUT2D eigenvalue weighted by Crippen LogP contribution is 2.45. The third-order valence-electron chi connectivity index (χ3n) is 15.9. The van der Waals surface area contributed by atoms with E-state index >= 15 is 0 Å². The Kier molecular flexibility index (Phi) is 26.0. The number of anilines is 11. The van der Waals surface area contributed by atoms with Gasteiger partial charge in [0.05, 0.1) is 102 Å². The fraction of sp³-hybridized carbons (Fsp3) is 0.391. The summed E-state index contributed by atoms with van der Waals surface area (Å²) in [5.41, 5.74) is 1.87. The van der Waals surface area contributed by atoms with E-state index in [1.807, 2.05) is 47.3 Å². The molecule has 2 amide bonds. The number of amides is 2. The summed E-state index contributed by atoms with van der Waals surface area (Å²) in [6.07, 6.45) is 1.36. The van der Waals surface area contributed by atoms with Gasteiger partial charge in [0.1, 0.15) is 46.2 Å². The van der Waals surface area contributed by atoms with E-state index in [0.717, 1.165) is 46.9 Å². The Morgan fingerprint density at radius 1 is 0.618 bits per heavy atom. The van der Waals surface area contributed by atoms with Gasteiger partial charge in [0, 0.05) is 89.0 Å². The normalized spacial score (nSPS) is 14.0. The van der Waals surface area contributed by atoms with Crippen molar-refractivity contribution in [1.29, 1.82) is 0 Å². The van der Waals surface area contributed by atoms with Gasteiger partial charge < -0.3 is 74.9 Å². The van der Waals surface area contributed by atoms with Gasteiger partial charge in [-0.2, -0.15) is 41.8 Å². The molecule has 34 nitrogen and oxygen atoms in total. The number of carbonyl (C=O) groups excluding carboxylic acids is 4. The lowest BCUT2D eigenvalue weighted by atomic mass is 10.0. The van der Waals surface area contributed by atoms with Crippen LogP contribution in [0, 0.1) is 0 Å². The van der Waals surface area contributed by atoms with Gasteiger partial charge in [0.25, 0.3) is 26.1 Å². The molecule has 0 saturated carbocycles. The number of rotatable bonds is 33. The van der Waals surface area contributed by atoms with E-state index in [2.05, 4.69) is 31.5 Å². The van der Waals surface area contributed by atoms with Crippen molar-refractivity contribution in [3.05, 3.63) is 88.1 Å². The summed E-state index contributed by atoms with van der Waals surface area (Å²) in [4.78, 5) is 88.2. The first-order valence-corrected chi connectivity index (χ1v) is 36.6. The van der Waals surface area contributed by atoms with E-state index in [1.54, 1.807) is 29.2 Å². The van der Waals surface area contributed by atoms with Crippen molar-refractivity contribution in [2.75, 3.05) is 165 Å². The largest absolute Gasteiger partial charge is 0.494 e. The Balaban J connectivity index is 1.14. The van der Waals surface area contributed by atoms with Crippen LogP contribution in [0.1, 0.15) is 57.2 Å². The molecule has 0 aliphatic carbocycles. The number of nitrogens with one attached hydrogen (secondary N) is 4. The molecule has 0 radical (unpaired) electrons. The summed E-state index contributed by atoms with van der Waals surface area (Å²) in [6.45, 7) is 14.5. The molecule has 2 saturated heterocycles. The molecule has 0 spiro atoms. The summed E-state index contributed by atoms with van der Waals surface area (Å²) >= 11 is 1.95. The molecule has 2 fully saturated rings. The number of ether oxygens (including phenoxy) is 4. The smallest absolute Gasteiger partial charge is 0.294 e. The molecule has 102 heavy (non-hydrogen) atoms. The zero-order valence-corrected chi connectivity index (χ0v) is 60.2. The molecule has 3 aromatic heterocycles. The first kappa shape index (κ1) is 76.4. The Morgan fingerprint density at radius 3 is 1.52 bits per heavy atom. The van der Waals surface area contributed by atoms with Crippen LogP contribution in [0.4, 0.5) is 85.2 Å². The lowest BCUT2D eigenvalue weighted by Crippen LogP contribution is -2.38. The van der Waals surface area contributed by atoms with Crippen molar-refractivity contribution in [1.82, 2.24) is 24.9 Å². The zero-order valence-electron chi connectivity index (χ0n) is 57.0. The van der Waals surface area contributed by atoms with Crippen LogP contribution in [0.2, 0.25) is 0 Å². The van der Waals surface area contributed by atoms with Crippen LogP contribution >= 0.6 is 22.7 Å². The first-order valence-electron chi connectivity index (χ1n) is 32.1. The number of thiazole rings is 2. The van der Waals surface area contributed by atoms with Crippen LogP contribution < -0.4 is 55.2 Å². The molecule has 1 atom stereocenters. The summed E-state index contributed by atoms with van der Waals surface area (Å²) < 4.78 is 90.5. The van der Waals surface area contributed by atoms with Crippen LogP contribution in [0.25, 0.3) is 6.08 Å². The van der Waals surface area contributed by atoms with Gasteiger partial charge in [0.15, 0.2) is 5.78 Å². The van der Waals surface area contributed by atoms with E-state index in [4.69, 9.17) is 54.1 Å². The molecule has 7 aromatic rings. The summed E-state index contributed by atoms with van der Waals surface area (Å²) in [6, 6.07) is 16.7. The molecule has 2 aliphatic heterocycles. The second kappa shape index (κ2) is 34.7. The number of aliphatic hydroxyl groups excluding tert-OH is 2. The molecule has 9 rings (SSSR count). The van der Waals surface area contributed by atoms with E-state index in [0.29, 0.717) is 112 Å². The molecule has 0 bridgehead atoms. The van der Waals surface area contributed by atoms with Crippen LogP contribution in [-0.2, 0) is 48.9 Å². The van der Waals surface area contributed by atoms with Crippen LogP contribution in [-0.4, -0.2) is 204 Å². The third kappa shape index (κ3) is 19.0. The Bertz CT molecular complexity index is 4510. The Hall–Kier alpha value is -9.77. The minimum absolute atomic E-state index is 0.00176. The molecule has 38 heteroatoms. The molecule has 4 aromatic carbocycles. The molecular formula is C64H78N18O16S4. The maximum atomic E-state index is 14.2. The molecule has 544 valence electrons. The number of hydrogen-bond donors (Lipinski definition) is 8. The minimum Gasteiger partial charge on any atom is -0.494 e. The minimum atomic E-state index is -4.65. The van der Waals surface area contributed by atoms with Crippen molar-refractivity contribution >= 4 is 158 Å². The molecule has 2 aliphatic rings. The second-order valence-corrected chi connectivity index (χ2v) is 27.3. The molecule has 5 heterocycles. The lowest BCUT2D eigenvalue weighted by molar-refractivity contribution is -0.126. The molecule has 8 N–H and O–H groups in total. The van der Waals surface area contributed by atoms with E-state index in [1.165, 1.54) is 58.4 Å². The maximum Gasteiger partial charge on any atom is 0.294 e. The van der Waals surface area contributed by atoms with Crippen molar-refractivity contribution in [2.24, 2.45) is 20.5 Å². The standard InChI is InChI=1S/C64H78N18O16S4/c1-9-78(10-2)49-34-45(47(36-51(49)95-7)74-76-63-69-56(80-21-27-97-28-22-80)53(99-63)33-44(38(5)85)58(87)65-40-15-13-17-42(31-40)101(89,90)91)67-60-71-61(73-62(72-60)82(19-25-83)20-26-84)68-46-35-50(79(11-3)12-4)52(96-8)37-48(46)75-77-64-70-57(81-23-29-98-30-24-81)55(100-64)54(39(6)86)59(88)66-41-16-14-18-43(32-41)102(92,93)94/h13-18,31-37,54,83-84H,9-12,19-30H2,1-8H3,(H,65,87)(H,66,88)(H,89,90,91)(H,92,93,94)(H2,67,68,71,72,73)/b44-33+,76-74+,77-75+. The average Bonchev–Trinajstić information content (AvgIpc) is 1.42. The monoisotopic (exact) mass is 1480 g/mol. The first-order chi connectivity index (χ1) is 48.9. The van der Waals surface area contributed by atoms with Crippen LogP contribution in [0.15, 0.2) is 109 Å². The number of nitrogens with zero attached hydrogens (tertiary/aromatic N) is 14. The fourth-order valence-electron chi connectivity index (χ4n) is 10.9. The molecular weight excluding hydrogens is 1410 g/mol. The quantitative estimate of drug-likeness (QED) is 0.00626. The van der Waals surface area contributed by atoms with Gasteiger partial charge in [-0.05, 0) is 96.1 Å². The van der Waals surface area contributed by atoms with Crippen molar-refractivity contribution in [3.63, 3.8) is 0 Å². The average molecular weight is 1480 g/mol. The predicted octanol–water partition coefficient (Wildman–Crippen LogP) is 8.69. The Labute approximate surface area is 596 Å². The van der Waals surface area contributed by atoms with Gasteiger partial charge >= 0.3 is 0 Å².